The predicted molar refractivity (Wildman–Crippen MR) is 67.6 cm³/mol. The number of hydrogen-bond acceptors (Lipinski definition) is 2. The van der Waals surface area contributed by atoms with Crippen LogP contribution in [-0.2, 0) is 4.74 Å². The lowest BCUT2D eigenvalue weighted by Crippen LogP contribution is -2.38. The van der Waals surface area contributed by atoms with Gasteiger partial charge in [0, 0.05) is 13.2 Å². The Bertz CT molecular complexity index is 199. The summed E-state index contributed by atoms with van der Waals surface area (Å²) in [4.78, 5) is 0. The predicted octanol–water partition coefficient (Wildman–Crippen LogP) is 2.97. The average molecular weight is 225 g/mol. The van der Waals surface area contributed by atoms with Gasteiger partial charge in [0.2, 0.25) is 0 Å². The third-order valence-corrected chi connectivity index (χ3v) is 4.72. The second-order valence-electron chi connectivity index (χ2n) is 5.79. The molecule has 16 heavy (non-hydrogen) atoms. The van der Waals surface area contributed by atoms with Gasteiger partial charge in [0.25, 0.3) is 0 Å². The first-order valence-corrected chi connectivity index (χ1v) is 7.05. The Kier molecular flexibility index (Phi) is 4.66. The summed E-state index contributed by atoms with van der Waals surface area (Å²) in [5.74, 6) is 1.89. The van der Waals surface area contributed by atoms with E-state index < -0.39 is 0 Å². The van der Waals surface area contributed by atoms with Crippen molar-refractivity contribution >= 4 is 0 Å². The quantitative estimate of drug-likeness (QED) is 0.794. The van der Waals surface area contributed by atoms with Crippen molar-refractivity contribution < 1.29 is 4.74 Å². The second-order valence-corrected chi connectivity index (χ2v) is 5.79. The smallest absolute Gasteiger partial charge is 0.0572 e. The molecule has 0 spiro atoms. The molecule has 0 aromatic rings. The molecular weight excluding hydrogens is 198 g/mol. The lowest BCUT2D eigenvalue weighted by atomic mass is 9.91. The van der Waals surface area contributed by atoms with Gasteiger partial charge in [-0.1, -0.05) is 19.8 Å². The van der Waals surface area contributed by atoms with E-state index in [1.807, 2.05) is 7.11 Å². The Morgan fingerprint density at radius 3 is 2.38 bits per heavy atom. The number of hydrogen-bond donors (Lipinski definition) is 1. The molecule has 0 aromatic heterocycles. The van der Waals surface area contributed by atoms with Crippen LogP contribution in [0, 0.1) is 11.8 Å². The maximum absolute atomic E-state index is 5.41. The minimum atomic E-state index is 0.531. The molecule has 2 nitrogen and oxygen atoms in total. The van der Waals surface area contributed by atoms with Gasteiger partial charge in [0.1, 0.15) is 0 Å². The molecule has 0 saturated heterocycles. The molecule has 94 valence electrons. The Morgan fingerprint density at radius 2 is 1.81 bits per heavy atom. The first-order chi connectivity index (χ1) is 7.79. The van der Waals surface area contributed by atoms with Crippen LogP contribution in [0.3, 0.4) is 0 Å². The first-order valence-electron chi connectivity index (χ1n) is 7.05. The molecule has 2 aliphatic rings. The molecule has 2 rings (SSSR count). The van der Waals surface area contributed by atoms with Gasteiger partial charge >= 0.3 is 0 Å². The number of ether oxygens (including phenoxy) is 1. The van der Waals surface area contributed by atoms with Crippen molar-refractivity contribution in [1.82, 2.24) is 5.32 Å². The van der Waals surface area contributed by atoms with E-state index >= 15 is 0 Å². The van der Waals surface area contributed by atoms with E-state index in [9.17, 15) is 0 Å². The summed E-state index contributed by atoms with van der Waals surface area (Å²) in [7, 11) is 1.85. The standard InChI is InChI=1S/C14H27NO/c1-11-4-3-5-12(11)10-15-13-6-8-14(16-2)9-7-13/h11-15H,3-10H2,1-2H3. The first kappa shape index (κ1) is 12.4. The lowest BCUT2D eigenvalue weighted by Gasteiger charge is -2.29. The summed E-state index contributed by atoms with van der Waals surface area (Å²) in [6, 6.07) is 0.763. The highest BCUT2D eigenvalue weighted by Crippen LogP contribution is 2.31. The molecule has 1 N–H and O–H groups in total. The highest BCUT2D eigenvalue weighted by atomic mass is 16.5. The summed E-state index contributed by atoms with van der Waals surface area (Å²) in [5.41, 5.74) is 0. The number of nitrogens with one attached hydrogen (secondary N) is 1. The molecule has 2 atom stereocenters. The van der Waals surface area contributed by atoms with E-state index in [-0.39, 0.29) is 0 Å². The Balaban J connectivity index is 1.63. The van der Waals surface area contributed by atoms with Crippen LogP contribution < -0.4 is 5.32 Å². The Morgan fingerprint density at radius 1 is 1.06 bits per heavy atom. The molecule has 0 radical (unpaired) electrons. The van der Waals surface area contributed by atoms with Crippen molar-refractivity contribution in [3.05, 3.63) is 0 Å². The summed E-state index contributed by atoms with van der Waals surface area (Å²) in [5, 5.41) is 3.78. The van der Waals surface area contributed by atoms with E-state index in [0.717, 1.165) is 17.9 Å². The van der Waals surface area contributed by atoms with Crippen LogP contribution in [0.4, 0.5) is 0 Å². The second kappa shape index (κ2) is 6.02. The summed E-state index contributed by atoms with van der Waals surface area (Å²) in [6.07, 6.45) is 9.97. The van der Waals surface area contributed by atoms with Gasteiger partial charge in [-0.25, -0.2) is 0 Å². The zero-order valence-electron chi connectivity index (χ0n) is 10.9. The van der Waals surface area contributed by atoms with Crippen molar-refractivity contribution in [2.24, 2.45) is 11.8 Å². The van der Waals surface area contributed by atoms with Gasteiger partial charge in [0.05, 0.1) is 6.10 Å². The lowest BCUT2D eigenvalue weighted by molar-refractivity contribution is 0.0619. The van der Waals surface area contributed by atoms with Gasteiger partial charge in [-0.3, -0.25) is 0 Å². The van der Waals surface area contributed by atoms with E-state index in [4.69, 9.17) is 4.74 Å². The van der Waals surface area contributed by atoms with Crippen LogP contribution in [0.2, 0.25) is 0 Å². The van der Waals surface area contributed by atoms with Crippen molar-refractivity contribution in [1.29, 1.82) is 0 Å². The monoisotopic (exact) mass is 225 g/mol. The molecule has 0 aliphatic heterocycles. The van der Waals surface area contributed by atoms with Crippen LogP contribution in [0.25, 0.3) is 0 Å². The van der Waals surface area contributed by atoms with E-state index in [1.54, 1.807) is 0 Å². The van der Waals surface area contributed by atoms with Gasteiger partial charge < -0.3 is 10.1 Å². The molecular formula is C14H27NO. The Hall–Kier alpha value is -0.0800. The van der Waals surface area contributed by atoms with E-state index in [2.05, 4.69) is 12.2 Å². The fourth-order valence-corrected chi connectivity index (χ4v) is 3.35. The molecule has 2 unspecified atom stereocenters. The minimum Gasteiger partial charge on any atom is -0.381 e. The van der Waals surface area contributed by atoms with Crippen molar-refractivity contribution in [3.8, 4) is 0 Å². The fraction of sp³-hybridized carbons (Fsp3) is 1.00. The van der Waals surface area contributed by atoms with Gasteiger partial charge in [-0.2, -0.15) is 0 Å². The maximum Gasteiger partial charge on any atom is 0.0572 e. The van der Waals surface area contributed by atoms with E-state index in [0.29, 0.717) is 6.10 Å². The zero-order chi connectivity index (χ0) is 11.4. The van der Waals surface area contributed by atoms with Crippen LogP contribution >= 0.6 is 0 Å². The molecule has 2 heteroatoms. The van der Waals surface area contributed by atoms with Gasteiger partial charge in [0.15, 0.2) is 0 Å². The number of methoxy groups -OCH3 is 1. The fourth-order valence-electron chi connectivity index (χ4n) is 3.35. The highest BCUT2D eigenvalue weighted by molar-refractivity contribution is 4.81. The van der Waals surface area contributed by atoms with Gasteiger partial charge in [-0.05, 0) is 50.5 Å². The van der Waals surface area contributed by atoms with Crippen LogP contribution in [0.5, 0.6) is 0 Å². The summed E-state index contributed by atoms with van der Waals surface area (Å²) >= 11 is 0. The molecule has 0 bridgehead atoms. The molecule has 2 fully saturated rings. The third kappa shape index (κ3) is 3.21. The normalized spacial score (nSPS) is 40.1. The van der Waals surface area contributed by atoms with Gasteiger partial charge in [-0.15, -0.1) is 0 Å². The van der Waals surface area contributed by atoms with Crippen molar-refractivity contribution in [2.75, 3.05) is 13.7 Å². The molecule has 0 amide bonds. The molecule has 0 heterocycles. The molecule has 2 aliphatic carbocycles. The van der Waals surface area contributed by atoms with Crippen LogP contribution in [-0.4, -0.2) is 25.8 Å². The van der Waals surface area contributed by atoms with Crippen molar-refractivity contribution in [2.45, 2.75) is 64.0 Å². The van der Waals surface area contributed by atoms with Crippen molar-refractivity contribution in [3.63, 3.8) is 0 Å². The number of rotatable bonds is 4. The zero-order valence-corrected chi connectivity index (χ0v) is 10.9. The Labute approximate surface area is 100 Å². The van der Waals surface area contributed by atoms with Crippen LogP contribution in [0.15, 0.2) is 0 Å². The van der Waals surface area contributed by atoms with Crippen LogP contribution in [0.1, 0.15) is 51.9 Å². The van der Waals surface area contributed by atoms with E-state index in [1.165, 1.54) is 51.5 Å². The summed E-state index contributed by atoms with van der Waals surface area (Å²) in [6.45, 7) is 3.67. The topological polar surface area (TPSA) is 21.3 Å². The maximum atomic E-state index is 5.41. The molecule has 2 saturated carbocycles. The highest BCUT2D eigenvalue weighted by Gasteiger charge is 2.25. The largest absolute Gasteiger partial charge is 0.381 e. The SMILES string of the molecule is COC1CCC(NCC2CCCC2C)CC1. The molecule has 0 aromatic carbocycles. The average Bonchev–Trinajstić information content (AvgIpc) is 2.73. The summed E-state index contributed by atoms with van der Waals surface area (Å²) < 4.78 is 5.41. The third-order valence-electron chi connectivity index (χ3n) is 4.72. The minimum absolute atomic E-state index is 0.531.